The molecule has 0 aliphatic carbocycles. The summed E-state index contributed by atoms with van der Waals surface area (Å²) in [6.07, 6.45) is 0. The van der Waals surface area contributed by atoms with Gasteiger partial charge in [-0.2, -0.15) is 0 Å². The average Bonchev–Trinajstić information content (AvgIpc) is 2.88. The highest BCUT2D eigenvalue weighted by atomic mass is 127. The van der Waals surface area contributed by atoms with Gasteiger partial charge in [0, 0.05) is 19.6 Å². The summed E-state index contributed by atoms with van der Waals surface area (Å²) in [6, 6.07) is 10.9. The third-order valence-electron chi connectivity index (χ3n) is 4.22. The lowest BCUT2D eigenvalue weighted by Gasteiger charge is -2.22. The van der Waals surface area contributed by atoms with E-state index >= 15 is 0 Å². The van der Waals surface area contributed by atoms with Crippen LogP contribution in [0.5, 0.6) is 0 Å². The lowest BCUT2D eigenvalue weighted by molar-refractivity contribution is 0.347. The molecule has 0 saturated carbocycles. The molecule has 0 bridgehead atoms. The quantitative estimate of drug-likeness (QED) is 0.285. The van der Waals surface area contributed by atoms with Crippen LogP contribution in [0.25, 0.3) is 0 Å². The Morgan fingerprint density at radius 1 is 0.833 bits per heavy atom. The van der Waals surface area contributed by atoms with Crippen molar-refractivity contribution in [2.24, 2.45) is 0 Å². The number of likely N-dealkylation sites (tertiary alicyclic amines) is 1. The second kappa shape index (κ2) is 8.06. The summed E-state index contributed by atoms with van der Waals surface area (Å²) in [5.41, 5.74) is 4.72. The molecule has 1 aromatic carbocycles. The van der Waals surface area contributed by atoms with Gasteiger partial charge in [0.25, 0.3) is 0 Å². The zero-order valence-corrected chi connectivity index (χ0v) is 22.0. The molecule has 0 amide bonds. The smallest absolute Gasteiger partial charge is 0.0859 e. The van der Waals surface area contributed by atoms with E-state index in [1.807, 2.05) is 0 Å². The molecule has 1 saturated heterocycles. The van der Waals surface area contributed by atoms with Gasteiger partial charge < -0.3 is 0 Å². The van der Waals surface area contributed by atoms with Crippen molar-refractivity contribution in [1.82, 2.24) is 4.90 Å². The van der Waals surface area contributed by atoms with E-state index in [-0.39, 0.29) is 0 Å². The average molecular weight is 581 g/mol. The van der Waals surface area contributed by atoms with Gasteiger partial charge in [0.1, 0.15) is 0 Å². The normalized spacial score (nSPS) is 21.2. The van der Waals surface area contributed by atoms with Crippen molar-refractivity contribution in [2.45, 2.75) is 45.8 Å². The fraction of sp³-hybridized carbons (Fsp3) is 0.474. The van der Waals surface area contributed by atoms with Crippen LogP contribution in [0.15, 0.2) is 47.9 Å². The number of benzene rings is 1. The Kier molecular flexibility index (Phi) is 7.01. The first kappa shape index (κ1) is 20.9. The molecular formula is C19H29I2NSi2. The van der Waals surface area contributed by atoms with Crippen LogP contribution < -0.4 is 0 Å². The fourth-order valence-electron chi connectivity index (χ4n) is 2.96. The molecule has 0 spiro atoms. The van der Waals surface area contributed by atoms with Gasteiger partial charge in [-0.3, -0.25) is 4.90 Å². The highest BCUT2D eigenvalue weighted by molar-refractivity contribution is 14.1. The molecule has 0 atom stereocenters. The van der Waals surface area contributed by atoms with Gasteiger partial charge in [-0.25, -0.2) is 0 Å². The maximum Gasteiger partial charge on any atom is 0.0859 e. The van der Waals surface area contributed by atoms with Crippen LogP contribution in [-0.4, -0.2) is 34.1 Å². The van der Waals surface area contributed by atoms with Crippen molar-refractivity contribution in [3.63, 3.8) is 0 Å². The molecule has 1 aromatic rings. The molecule has 0 unspecified atom stereocenters. The molecule has 1 aliphatic rings. The molecule has 24 heavy (non-hydrogen) atoms. The van der Waals surface area contributed by atoms with Crippen molar-refractivity contribution in [1.29, 1.82) is 0 Å². The maximum atomic E-state index is 2.66. The molecule has 2 rings (SSSR count). The van der Waals surface area contributed by atoms with Gasteiger partial charge in [-0.1, -0.05) is 115 Å². The molecule has 1 fully saturated rings. The third kappa shape index (κ3) is 5.28. The second-order valence-corrected chi connectivity index (χ2v) is 22.9. The first-order chi connectivity index (χ1) is 11.0. The summed E-state index contributed by atoms with van der Waals surface area (Å²) in [5.74, 6) is 0. The summed E-state index contributed by atoms with van der Waals surface area (Å²) in [4.78, 5) is 2.62. The summed E-state index contributed by atoms with van der Waals surface area (Å²) in [6.45, 7) is 18.1. The summed E-state index contributed by atoms with van der Waals surface area (Å²) < 4.78 is 3.33. The van der Waals surface area contributed by atoms with Gasteiger partial charge in [-0.15, -0.1) is 0 Å². The summed E-state index contributed by atoms with van der Waals surface area (Å²) in [5, 5.41) is 0. The van der Waals surface area contributed by atoms with Crippen LogP contribution in [0.2, 0.25) is 39.3 Å². The first-order valence-electron chi connectivity index (χ1n) is 8.55. The van der Waals surface area contributed by atoms with Crippen LogP contribution in [0, 0.1) is 0 Å². The standard InChI is InChI=1S/C19H29I2NSi2/c1-23(2,3)18(20)16-13-22(12-15-10-8-7-9-11-15)14-17(16)19(21)24(4,5)6/h7-11H,12-14H2,1-6H3/b18-16-,19-17+. The second-order valence-electron chi connectivity index (χ2n) is 8.72. The van der Waals surface area contributed by atoms with Crippen LogP contribution in [0.4, 0.5) is 0 Å². The van der Waals surface area contributed by atoms with Crippen molar-refractivity contribution in [2.75, 3.05) is 13.1 Å². The fourth-order valence-corrected chi connectivity index (χ4v) is 6.22. The van der Waals surface area contributed by atoms with E-state index < -0.39 is 16.1 Å². The van der Waals surface area contributed by atoms with Gasteiger partial charge in [0.2, 0.25) is 0 Å². The van der Waals surface area contributed by atoms with Gasteiger partial charge in [0.15, 0.2) is 0 Å². The molecule has 0 N–H and O–H groups in total. The first-order valence-corrected chi connectivity index (χ1v) is 17.7. The van der Waals surface area contributed by atoms with Crippen molar-refractivity contribution >= 4 is 61.3 Å². The molecule has 1 heterocycles. The van der Waals surface area contributed by atoms with E-state index in [0.29, 0.717) is 0 Å². The lowest BCUT2D eigenvalue weighted by atomic mass is 10.2. The van der Waals surface area contributed by atoms with Crippen molar-refractivity contribution in [3.05, 3.63) is 53.4 Å². The van der Waals surface area contributed by atoms with Crippen LogP contribution in [0.3, 0.4) is 0 Å². The number of hydrogen-bond acceptors (Lipinski definition) is 1. The van der Waals surface area contributed by atoms with Crippen molar-refractivity contribution < 1.29 is 0 Å². The number of nitrogens with zero attached hydrogens (tertiary/aromatic N) is 1. The van der Waals surface area contributed by atoms with Gasteiger partial charge >= 0.3 is 0 Å². The number of rotatable bonds is 4. The maximum absolute atomic E-state index is 2.66. The minimum absolute atomic E-state index is 1.05. The summed E-state index contributed by atoms with van der Waals surface area (Å²) >= 11 is 5.32. The minimum atomic E-state index is -1.28. The number of halogens is 2. The monoisotopic (exact) mass is 581 g/mol. The zero-order valence-electron chi connectivity index (χ0n) is 15.7. The van der Waals surface area contributed by atoms with Crippen LogP contribution in [0.1, 0.15) is 5.56 Å². The Hall–Kier alpha value is 0.554. The Bertz CT molecular complexity index is 614. The van der Waals surface area contributed by atoms with Crippen molar-refractivity contribution in [3.8, 4) is 0 Å². The van der Waals surface area contributed by atoms with E-state index in [1.165, 1.54) is 5.56 Å². The van der Waals surface area contributed by atoms with E-state index in [2.05, 4.69) is 120 Å². The predicted molar refractivity (Wildman–Crippen MR) is 131 cm³/mol. The Morgan fingerprint density at radius 3 is 1.62 bits per heavy atom. The zero-order chi connectivity index (χ0) is 18.1. The molecular weight excluding hydrogens is 552 g/mol. The van der Waals surface area contributed by atoms with E-state index in [9.17, 15) is 0 Å². The van der Waals surface area contributed by atoms with Crippen LogP contribution >= 0.6 is 45.2 Å². The van der Waals surface area contributed by atoms with Gasteiger partial charge in [-0.05, 0) is 23.1 Å². The molecule has 1 aliphatic heterocycles. The van der Waals surface area contributed by atoms with Crippen LogP contribution in [-0.2, 0) is 6.54 Å². The Balaban J connectivity index is 2.41. The molecule has 132 valence electrons. The predicted octanol–water partition coefficient (Wildman–Crippen LogP) is 6.64. The molecule has 1 nitrogen and oxygen atoms in total. The summed E-state index contributed by atoms with van der Waals surface area (Å²) in [7, 11) is -2.55. The van der Waals surface area contributed by atoms with E-state index in [4.69, 9.17) is 0 Å². The Labute approximate surface area is 177 Å². The Morgan fingerprint density at radius 2 is 1.25 bits per heavy atom. The van der Waals surface area contributed by atoms with E-state index in [1.54, 1.807) is 17.6 Å². The lowest BCUT2D eigenvalue weighted by Crippen LogP contribution is -2.25. The SMILES string of the molecule is C[Si](C)(C)/C(I)=C1/CN(Cc2ccccc2)C/C1=C(/I)[Si](C)(C)C. The molecule has 0 aromatic heterocycles. The largest absolute Gasteiger partial charge is 0.291 e. The molecule has 5 heteroatoms. The highest BCUT2D eigenvalue weighted by Crippen LogP contribution is 2.39. The minimum Gasteiger partial charge on any atom is -0.291 e. The number of hydrogen-bond donors (Lipinski definition) is 0. The topological polar surface area (TPSA) is 3.24 Å². The third-order valence-corrected chi connectivity index (χ3v) is 18.5. The highest BCUT2D eigenvalue weighted by Gasteiger charge is 2.33. The van der Waals surface area contributed by atoms with E-state index in [0.717, 1.165) is 19.6 Å². The molecule has 0 radical (unpaired) electrons. The van der Waals surface area contributed by atoms with Gasteiger partial charge in [0.05, 0.1) is 16.1 Å².